The molecule has 1 aromatic rings. The van der Waals surface area contributed by atoms with Crippen LogP contribution < -0.4 is 0 Å². The van der Waals surface area contributed by atoms with E-state index in [4.69, 9.17) is 11.6 Å². The molecular formula is C14H21ClN2. The first kappa shape index (κ1) is 12.9. The first-order valence-electron chi connectivity index (χ1n) is 6.47. The van der Waals surface area contributed by atoms with E-state index < -0.39 is 0 Å². The molecular weight excluding hydrogens is 232 g/mol. The number of hydrogen-bond acceptors (Lipinski definition) is 2. The van der Waals surface area contributed by atoms with Crippen molar-refractivity contribution in [2.45, 2.75) is 13.3 Å². The Morgan fingerprint density at radius 2 is 1.59 bits per heavy atom. The molecule has 1 heterocycles. The van der Waals surface area contributed by atoms with Gasteiger partial charge in [-0.3, -0.25) is 0 Å². The highest BCUT2D eigenvalue weighted by Crippen LogP contribution is 2.11. The van der Waals surface area contributed by atoms with Gasteiger partial charge in [-0.1, -0.05) is 30.7 Å². The van der Waals surface area contributed by atoms with Crippen molar-refractivity contribution in [1.29, 1.82) is 0 Å². The average Bonchev–Trinajstić information content (AvgIpc) is 2.39. The van der Waals surface area contributed by atoms with Crippen molar-refractivity contribution in [1.82, 2.24) is 9.80 Å². The summed E-state index contributed by atoms with van der Waals surface area (Å²) in [6.07, 6.45) is 1.13. The van der Waals surface area contributed by atoms with Gasteiger partial charge in [0.15, 0.2) is 0 Å². The zero-order valence-corrected chi connectivity index (χ0v) is 11.3. The first-order valence-corrected chi connectivity index (χ1v) is 6.85. The SMILES string of the molecule is CCN1CCN(CCc2ccc(Cl)cc2)CC1. The molecule has 1 aliphatic rings. The smallest absolute Gasteiger partial charge is 0.0406 e. The highest BCUT2D eigenvalue weighted by atomic mass is 35.5. The van der Waals surface area contributed by atoms with Crippen LogP contribution in [-0.4, -0.2) is 49.1 Å². The third kappa shape index (κ3) is 3.98. The van der Waals surface area contributed by atoms with Crippen LogP contribution in [0, 0.1) is 0 Å². The van der Waals surface area contributed by atoms with Crippen LogP contribution in [0.1, 0.15) is 12.5 Å². The zero-order chi connectivity index (χ0) is 12.1. The van der Waals surface area contributed by atoms with Gasteiger partial charge in [-0.25, -0.2) is 0 Å². The molecule has 0 saturated carbocycles. The van der Waals surface area contributed by atoms with Gasteiger partial charge in [0.05, 0.1) is 0 Å². The standard InChI is InChI=1S/C14H21ClN2/c1-2-16-9-11-17(12-10-16)8-7-13-3-5-14(15)6-4-13/h3-6H,2,7-12H2,1H3. The van der Waals surface area contributed by atoms with Crippen molar-refractivity contribution in [3.05, 3.63) is 34.9 Å². The van der Waals surface area contributed by atoms with E-state index in [1.54, 1.807) is 0 Å². The van der Waals surface area contributed by atoms with Gasteiger partial charge in [-0.2, -0.15) is 0 Å². The molecule has 0 aromatic heterocycles. The summed E-state index contributed by atoms with van der Waals surface area (Å²) in [5.74, 6) is 0. The molecule has 17 heavy (non-hydrogen) atoms. The van der Waals surface area contributed by atoms with Crippen LogP contribution in [0.4, 0.5) is 0 Å². The molecule has 3 heteroatoms. The largest absolute Gasteiger partial charge is 0.301 e. The Hall–Kier alpha value is -0.570. The molecule has 1 saturated heterocycles. The van der Waals surface area contributed by atoms with Crippen molar-refractivity contribution in [2.75, 3.05) is 39.3 Å². The molecule has 2 rings (SSSR count). The molecule has 0 radical (unpaired) electrons. The highest BCUT2D eigenvalue weighted by Gasteiger charge is 2.14. The molecule has 0 amide bonds. The fourth-order valence-corrected chi connectivity index (χ4v) is 2.39. The summed E-state index contributed by atoms with van der Waals surface area (Å²) in [5.41, 5.74) is 1.38. The van der Waals surface area contributed by atoms with Crippen molar-refractivity contribution in [3.8, 4) is 0 Å². The lowest BCUT2D eigenvalue weighted by molar-refractivity contribution is 0.138. The van der Waals surface area contributed by atoms with Gasteiger partial charge in [0.2, 0.25) is 0 Å². The van der Waals surface area contributed by atoms with Gasteiger partial charge < -0.3 is 9.80 Å². The van der Waals surface area contributed by atoms with Gasteiger partial charge in [0.25, 0.3) is 0 Å². The van der Waals surface area contributed by atoms with Gasteiger partial charge in [0.1, 0.15) is 0 Å². The van der Waals surface area contributed by atoms with E-state index >= 15 is 0 Å². The van der Waals surface area contributed by atoms with Gasteiger partial charge in [0, 0.05) is 37.7 Å². The fraction of sp³-hybridized carbons (Fsp3) is 0.571. The summed E-state index contributed by atoms with van der Waals surface area (Å²) >= 11 is 5.88. The monoisotopic (exact) mass is 252 g/mol. The van der Waals surface area contributed by atoms with Crippen LogP contribution in [0.2, 0.25) is 5.02 Å². The second-order valence-corrected chi connectivity index (χ2v) is 5.09. The Bertz CT molecular complexity index is 329. The van der Waals surface area contributed by atoms with E-state index in [-0.39, 0.29) is 0 Å². The normalized spacial score (nSPS) is 18.5. The van der Waals surface area contributed by atoms with E-state index in [0.29, 0.717) is 0 Å². The van der Waals surface area contributed by atoms with E-state index in [1.165, 1.54) is 44.8 Å². The van der Waals surface area contributed by atoms with Crippen LogP contribution in [-0.2, 0) is 6.42 Å². The maximum absolute atomic E-state index is 5.88. The number of halogens is 1. The zero-order valence-electron chi connectivity index (χ0n) is 10.5. The van der Waals surface area contributed by atoms with E-state index in [0.717, 1.165) is 11.4 Å². The Morgan fingerprint density at radius 1 is 1.00 bits per heavy atom. The van der Waals surface area contributed by atoms with Crippen molar-refractivity contribution in [3.63, 3.8) is 0 Å². The molecule has 1 fully saturated rings. The number of rotatable bonds is 4. The van der Waals surface area contributed by atoms with Gasteiger partial charge in [-0.15, -0.1) is 0 Å². The molecule has 94 valence electrons. The van der Waals surface area contributed by atoms with Crippen molar-refractivity contribution < 1.29 is 0 Å². The highest BCUT2D eigenvalue weighted by molar-refractivity contribution is 6.30. The van der Waals surface area contributed by atoms with Gasteiger partial charge >= 0.3 is 0 Å². The molecule has 0 bridgehead atoms. The number of benzene rings is 1. The summed E-state index contributed by atoms with van der Waals surface area (Å²) < 4.78 is 0. The topological polar surface area (TPSA) is 6.48 Å². The summed E-state index contributed by atoms with van der Waals surface area (Å²) in [7, 11) is 0. The second-order valence-electron chi connectivity index (χ2n) is 4.65. The molecule has 2 nitrogen and oxygen atoms in total. The van der Waals surface area contributed by atoms with Crippen molar-refractivity contribution in [2.24, 2.45) is 0 Å². The summed E-state index contributed by atoms with van der Waals surface area (Å²) in [5, 5.41) is 0.824. The van der Waals surface area contributed by atoms with Crippen LogP contribution in [0.15, 0.2) is 24.3 Å². The summed E-state index contributed by atoms with van der Waals surface area (Å²) in [4.78, 5) is 5.07. The molecule has 0 N–H and O–H groups in total. The number of nitrogens with zero attached hydrogens (tertiary/aromatic N) is 2. The Labute approximate surface area is 109 Å². The summed E-state index contributed by atoms with van der Waals surface area (Å²) in [6, 6.07) is 8.22. The minimum absolute atomic E-state index is 0.824. The quantitative estimate of drug-likeness (QED) is 0.813. The predicted molar refractivity (Wildman–Crippen MR) is 73.7 cm³/mol. The molecule has 1 aromatic carbocycles. The van der Waals surface area contributed by atoms with Crippen LogP contribution in [0.3, 0.4) is 0 Å². The lowest BCUT2D eigenvalue weighted by Gasteiger charge is -2.34. The maximum atomic E-state index is 5.88. The Morgan fingerprint density at radius 3 is 2.18 bits per heavy atom. The molecule has 0 aliphatic carbocycles. The van der Waals surface area contributed by atoms with E-state index in [1.807, 2.05) is 12.1 Å². The Kier molecular flexibility index (Phi) is 4.84. The number of piperazine rings is 1. The van der Waals surface area contributed by atoms with Gasteiger partial charge in [-0.05, 0) is 30.7 Å². The number of likely N-dealkylation sites (N-methyl/N-ethyl adjacent to an activating group) is 1. The number of hydrogen-bond donors (Lipinski definition) is 0. The minimum Gasteiger partial charge on any atom is -0.301 e. The maximum Gasteiger partial charge on any atom is 0.0406 e. The van der Waals surface area contributed by atoms with Crippen LogP contribution in [0.5, 0.6) is 0 Å². The lowest BCUT2D eigenvalue weighted by Crippen LogP contribution is -2.46. The van der Waals surface area contributed by atoms with Crippen LogP contribution >= 0.6 is 11.6 Å². The first-order chi connectivity index (χ1) is 8.28. The molecule has 0 spiro atoms. The fourth-order valence-electron chi connectivity index (χ4n) is 2.27. The third-order valence-corrected chi connectivity index (χ3v) is 3.79. The Balaban J connectivity index is 1.74. The minimum atomic E-state index is 0.824. The predicted octanol–water partition coefficient (Wildman–Crippen LogP) is 2.52. The second kappa shape index (κ2) is 6.39. The van der Waals surface area contributed by atoms with E-state index in [2.05, 4.69) is 28.9 Å². The average molecular weight is 253 g/mol. The molecule has 0 unspecified atom stereocenters. The third-order valence-electron chi connectivity index (χ3n) is 3.54. The van der Waals surface area contributed by atoms with Crippen molar-refractivity contribution >= 4 is 11.6 Å². The molecule has 0 atom stereocenters. The summed E-state index contributed by atoms with van der Waals surface area (Å²) in [6.45, 7) is 9.45. The van der Waals surface area contributed by atoms with E-state index in [9.17, 15) is 0 Å². The van der Waals surface area contributed by atoms with Crippen LogP contribution in [0.25, 0.3) is 0 Å². The lowest BCUT2D eigenvalue weighted by atomic mass is 10.1. The molecule has 1 aliphatic heterocycles.